The lowest BCUT2D eigenvalue weighted by molar-refractivity contribution is 0.0347. The molecule has 0 bridgehead atoms. The quantitative estimate of drug-likeness (QED) is 0.614. The highest BCUT2D eigenvalue weighted by molar-refractivity contribution is 4.93. The Morgan fingerprint density at radius 1 is 1.64 bits per heavy atom. The van der Waals surface area contributed by atoms with Crippen LogP contribution in [0.15, 0.2) is 0 Å². The van der Waals surface area contributed by atoms with Crippen LogP contribution in [0.5, 0.6) is 0 Å². The zero-order valence-corrected chi connectivity index (χ0v) is 7.27. The van der Waals surface area contributed by atoms with Crippen molar-refractivity contribution in [2.24, 2.45) is 0 Å². The molecule has 66 valence electrons. The molecule has 0 unspecified atom stereocenters. The molecule has 0 aromatic rings. The number of alkyl halides is 1. The van der Waals surface area contributed by atoms with Gasteiger partial charge in [0.05, 0.1) is 12.1 Å². The van der Waals surface area contributed by atoms with Crippen molar-refractivity contribution < 1.29 is 9.13 Å². The highest BCUT2D eigenvalue weighted by Gasteiger charge is 2.38. The molecule has 1 fully saturated rings. The van der Waals surface area contributed by atoms with Gasteiger partial charge in [-0.1, -0.05) is 0 Å². The molecule has 1 heterocycles. The zero-order chi connectivity index (χ0) is 8.32. The van der Waals surface area contributed by atoms with Gasteiger partial charge in [-0.2, -0.15) is 0 Å². The largest absolute Gasteiger partial charge is 0.383 e. The van der Waals surface area contributed by atoms with Crippen molar-refractivity contribution in [3.63, 3.8) is 0 Å². The average molecular weight is 161 g/mol. The summed E-state index contributed by atoms with van der Waals surface area (Å²) in [7, 11) is 3.59. The number of hydrogen-bond donors (Lipinski definition) is 0. The number of ether oxygens (including phenoxy) is 1. The minimum Gasteiger partial charge on any atom is -0.383 e. The van der Waals surface area contributed by atoms with Gasteiger partial charge >= 0.3 is 0 Å². The van der Waals surface area contributed by atoms with Crippen LogP contribution in [0.25, 0.3) is 0 Å². The molecule has 0 aliphatic carbocycles. The van der Waals surface area contributed by atoms with E-state index in [9.17, 15) is 4.39 Å². The first-order valence-corrected chi connectivity index (χ1v) is 4.01. The van der Waals surface area contributed by atoms with Crippen molar-refractivity contribution >= 4 is 0 Å². The van der Waals surface area contributed by atoms with E-state index < -0.39 is 0 Å². The minimum absolute atomic E-state index is 0.294. The molecule has 0 spiro atoms. The molecule has 3 heteroatoms. The fourth-order valence-corrected chi connectivity index (χ4v) is 1.73. The van der Waals surface area contributed by atoms with E-state index >= 15 is 0 Å². The van der Waals surface area contributed by atoms with Crippen molar-refractivity contribution in [1.82, 2.24) is 4.90 Å². The smallest absolute Gasteiger partial charge is 0.110 e. The molecule has 1 atom stereocenters. The highest BCUT2D eigenvalue weighted by atomic mass is 19.1. The second-order valence-electron chi connectivity index (χ2n) is 3.32. The van der Waals surface area contributed by atoms with E-state index in [1.165, 1.54) is 0 Å². The van der Waals surface area contributed by atoms with E-state index in [1.54, 1.807) is 7.11 Å². The van der Waals surface area contributed by atoms with Gasteiger partial charge in [0, 0.05) is 7.11 Å². The van der Waals surface area contributed by atoms with E-state index in [0.29, 0.717) is 6.61 Å². The van der Waals surface area contributed by atoms with E-state index in [2.05, 4.69) is 4.90 Å². The summed E-state index contributed by atoms with van der Waals surface area (Å²) in [4.78, 5) is 2.07. The summed E-state index contributed by atoms with van der Waals surface area (Å²) in [5.41, 5.74) is -0.311. The van der Waals surface area contributed by atoms with Crippen LogP contribution in [0.4, 0.5) is 4.39 Å². The third-order valence-corrected chi connectivity index (χ3v) is 2.61. The first-order valence-electron chi connectivity index (χ1n) is 4.01. The first kappa shape index (κ1) is 8.94. The van der Waals surface area contributed by atoms with Crippen LogP contribution in [0.2, 0.25) is 0 Å². The van der Waals surface area contributed by atoms with Crippen molar-refractivity contribution in [1.29, 1.82) is 0 Å². The topological polar surface area (TPSA) is 12.5 Å². The molecule has 0 aromatic heterocycles. The number of hydrogen-bond acceptors (Lipinski definition) is 2. The van der Waals surface area contributed by atoms with Gasteiger partial charge in [0.1, 0.15) is 6.67 Å². The summed E-state index contributed by atoms with van der Waals surface area (Å²) < 4.78 is 17.7. The molecular weight excluding hydrogens is 145 g/mol. The number of methoxy groups -OCH3 is 1. The Bertz CT molecular complexity index is 131. The number of nitrogens with zero attached hydrogens (tertiary/aromatic N) is 1. The van der Waals surface area contributed by atoms with E-state index in [-0.39, 0.29) is 12.2 Å². The second-order valence-corrected chi connectivity index (χ2v) is 3.32. The van der Waals surface area contributed by atoms with Crippen LogP contribution in [-0.4, -0.2) is 44.4 Å². The molecule has 1 saturated heterocycles. The van der Waals surface area contributed by atoms with E-state index in [4.69, 9.17) is 4.74 Å². The maximum absolute atomic E-state index is 12.7. The summed E-state index contributed by atoms with van der Waals surface area (Å²) in [6.07, 6.45) is 2.01. The minimum atomic E-state index is -0.311. The third-order valence-electron chi connectivity index (χ3n) is 2.61. The molecule has 0 amide bonds. The summed E-state index contributed by atoms with van der Waals surface area (Å²) in [6, 6.07) is 0. The fourth-order valence-electron chi connectivity index (χ4n) is 1.73. The Labute approximate surface area is 67.3 Å². The monoisotopic (exact) mass is 161 g/mol. The highest BCUT2D eigenvalue weighted by Crippen LogP contribution is 2.28. The lowest BCUT2D eigenvalue weighted by Gasteiger charge is -2.32. The van der Waals surface area contributed by atoms with Crippen LogP contribution in [-0.2, 0) is 4.74 Å². The molecule has 0 saturated carbocycles. The number of likely N-dealkylation sites (tertiary alicyclic amines) is 1. The van der Waals surface area contributed by atoms with E-state index in [0.717, 1.165) is 19.4 Å². The number of halogens is 1. The predicted molar refractivity (Wildman–Crippen MR) is 42.4 cm³/mol. The van der Waals surface area contributed by atoms with Gasteiger partial charge in [-0.3, -0.25) is 4.90 Å². The van der Waals surface area contributed by atoms with Gasteiger partial charge in [0.15, 0.2) is 0 Å². The summed E-state index contributed by atoms with van der Waals surface area (Å²) in [6.45, 7) is 1.21. The molecule has 1 aliphatic heterocycles. The molecule has 1 aliphatic rings. The van der Waals surface area contributed by atoms with Gasteiger partial charge in [-0.15, -0.1) is 0 Å². The lowest BCUT2D eigenvalue weighted by Crippen LogP contribution is -2.47. The average Bonchev–Trinajstić information content (AvgIpc) is 2.35. The Morgan fingerprint density at radius 2 is 2.36 bits per heavy atom. The fraction of sp³-hybridized carbons (Fsp3) is 1.00. The van der Waals surface area contributed by atoms with Crippen molar-refractivity contribution in [3.8, 4) is 0 Å². The Hall–Kier alpha value is -0.150. The molecule has 0 N–H and O–H groups in total. The standard InChI is InChI=1S/C8H16FNO/c1-10-5-3-4-8(10,6-9)7-11-2/h3-7H2,1-2H3/t8-/m1/s1. The zero-order valence-electron chi connectivity index (χ0n) is 7.27. The van der Waals surface area contributed by atoms with Crippen LogP contribution in [0.3, 0.4) is 0 Å². The molecule has 1 rings (SSSR count). The Kier molecular flexibility index (Phi) is 2.84. The predicted octanol–water partition coefficient (Wildman–Crippen LogP) is 1.07. The first-order chi connectivity index (χ1) is 5.25. The Morgan fingerprint density at radius 3 is 2.73 bits per heavy atom. The van der Waals surface area contributed by atoms with Crippen molar-refractivity contribution in [2.45, 2.75) is 18.4 Å². The second kappa shape index (κ2) is 3.50. The van der Waals surface area contributed by atoms with Crippen LogP contribution < -0.4 is 0 Å². The van der Waals surface area contributed by atoms with Crippen LogP contribution in [0, 0.1) is 0 Å². The van der Waals surface area contributed by atoms with Gasteiger partial charge in [0.2, 0.25) is 0 Å². The van der Waals surface area contributed by atoms with Gasteiger partial charge < -0.3 is 4.74 Å². The summed E-state index contributed by atoms with van der Waals surface area (Å²) in [5.74, 6) is 0. The lowest BCUT2D eigenvalue weighted by atomic mass is 10.00. The summed E-state index contributed by atoms with van der Waals surface area (Å²) >= 11 is 0. The normalized spacial score (nSPS) is 33.0. The SMILES string of the molecule is COC[C@]1(CF)CCCN1C. The third kappa shape index (κ3) is 1.54. The molecule has 2 nitrogen and oxygen atoms in total. The van der Waals surface area contributed by atoms with Crippen molar-refractivity contribution in [3.05, 3.63) is 0 Å². The maximum atomic E-state index is 12.7. The van der Waals surface area contributed by atoms with Gasteiger partial charge in [-0.25, -0.2) is 4.39 Å². The summed E-state index contributed by atoms with van der Waals surface area (Å²) in [5, 5.41) is 0. The molecule has 0 aromatic carbocycles. The van der Waals surface area contributed by atoms with Gasteiger partial charge in [0.25, 0.3) is 0 Å². The molecular formula is C8H16FNO. The molecule has 11 heavy (non-hydrogen) atoms. The molecule has 0 radical (unpaired) electrons. The van der Waals surface area contributed by atoms with Crippen molar-refractivity contribution in [2.75, 3.05) is 34.0 Å². The number of likely N-dealkylation sites (N-methyl/N-ethyl adjacent to an activating group) is 1. The Balaban J connectivity index is 2.57. The maximum Gasteiger partial charge on any atom is 0.110 e. The van der Waals surface area contributed by atoms with Gasteiger partial charge in [-0.05, 0) is 26.4 Å². The van der Waals surface area contributed by atoms with E-state index in [1.807, 2.05) is 7.05 Å². The van der Waals surface area contributed by atoms with Crippen LogP contribution >= 0.6 is 0 Å². The van der Waals surface area contributed by atoms with Crippen LogP contribution in [0.1, 0.15) is 12.8 Å². The number of rotatable bonds is 3.